The van der Waals surface area contributed by atoms with E-state index in [1.165, 1.54) is 25.7 Å². The number of ketones is 1. The Hall–Kier alpha value is -2.53. The first kappa shape index (κ1) is 22.8. The monoisotopic (exact) mass is 397 g/mol. The van der Waals surface area contributed by atoms with Crippen LogP contribution in [0.5, 0.6) is 5.75 Å². The number of nitrogens with zero attached hydrogens (tertiary/aromatic N) is 1. The van der Waals surface area contributed by atoms with Crippen LogP contribution < -0.4 is 16.2 Å². The molecule has 29 heavy (non-hydrogen) atoms. The van der Waals surface area contributed by atoms with Crippen molar-refractivity contribution in [1.82, 2.24) is 4.90 Å². The second kappa shape index (κ2) is 11.5. The van der Waals surface area contributed by atoms with Crippen molar-refractivity contribution in [1.29, 1.82) is 0 Å². The van der Waals surface area contributed by atoms with E-state index in [0.717, 1.165) is 18.8 Å². The summed E-state index contributed by atoms with van der Waals surface area (Å²) >= 11 is 0. The van der Waals surface area contributed by atoms with Gasteiger partial charge in [0.1, 0.15) is 12.4 Å². The van der Waals surface area contributed by atoms with Gasteiger partial charge >= 0.3 is 0 Å². The van der Waals surface area contributed by atoms with Crippen molar-refractivity contribution < 1.29 is 9.53 Å². The largest absolute Gasteiger partial charge is 0.492 e. The predicted molar refractivity (Wildman–Crippen MR) is 121 cm³/mol. The van der Waals surface area contributed by atoms with Gasteiger partial charge in [0.2, 0.25) is 0 Å². The topological polar surface area (TPSA) is 81.6 Å². The Labute approximate surface area is 175 Å². The molecule has 0 spiro atoms. The Morgan fingerprint density at radius 1 is 0.931 bits per heavy atom. The fourth-order valence-electron chi connectivity index (χ4n) is 3.18. The van der Waals surface area contributed by atoms with E-state index < -0.39 is 0 Å². The summed E-state index contributed by atoms with van der Waals surface area (Å²) in [5.74, 6) is 0.693. The molecule has 0 bridgehead atoms. The van der Waals surface area contributed by atoms with Crippen molar-refractivity contribution >= 4 is 17.2 Å². The number of benzene rings is 2. The highest BCUT2D eigenvalue weighted by Gasteiger charge is 2.14. The summed E-state index contributed by atoms with van der Waals surface area (Å²) in [6.07, 6.45) is 4.82. The Morgan fingerprint density at radius 2 is 1.52 bits per heavy atom. The number of nitrogen functional groups attached to an aromatic ring is 2. The number of rotatable bonds is 12. The molecule has 2 aromatic carbocycles. The molecule has 0 aromatic heterocycles. The van der Waals surface area contributed by atoms with Crippen molar-refractivity contribution in [3.63, 3.8) is 0 Å². The van der Waals surface area contributed by atoms with E-state index in [-0.39, 0.29) is 5.78 Å². The predicted octanol–water partition coefficient (Wildman–Crippen LogP) is 4.75. The number of carbonyl (C=O) groups excluding carboxylic acids is 1. The quantitative estimate of drug-likeness (QED) is 0.399. The number of ether oxygens (including phenoxy) is 1. The van der Waals surface area contributed by atoms with Crippen LogP contribution in [0.15, 0.2) is 42.5 Å². The zero-order valence-corrected chi connectivity index (χ0v) is 18.0. The molecule has 0 radical (unpaired) electrons. The molecule has 5 nitrogen and oxygen atoms in total. The summed E-state index contributed by atoms with van der Waals surface area (Å²) < 4.78 is 5.99. The van der Waals surface area contributed by atoms with Crippen molar-refractivity contribution in [2.75, 3.05) is 31.2 Å². The highest BCUT2D eigenvalue weighted by molar-refractivity contribution is 6.09. The maximum atomic E-state index is 12.6. The second-order valence-electron chi connectivity index (χ2n) is 7.60. The molecule has 0 saturated carbocycles. The number of hydrogen-bond acceptors (Lipinski definition) is 5. The third-order valence-electron chi connectivity index (χ3n) is 5.18. The maximum absolute atomic E-state index is 12.6. The van der Waals surface area contributed by atoms with Gasteiger partial charge in [0, 0.05) is 17.2 Å². The molecular weight excluding hydrogens is 362 g/mol. The molecule has 0 saturated heterocycles. The number of nitrogens with two attached hydrogens (primary N) is 2. The van der Waals surface area contributed by atoms with Crippen molar-refractivity contribution in [2.24, 2.45) is 0 Å². The van der Waals surface area contributed by atoms with Crippen LogP contribution in [0.2, 0.25) is 0 Å². The molecule has 2 aromatic rings. The Kier molecular flexibility index (Phi) is 9.00. The van der Waals surface area contributed by atoms with E-state index >= 15 is 0 Å². The van der Waals surface area contributed by atoms with Gasteiger partial charge in [0.05, 0.1) is 11.4 Å². The summed E-state index contributed by atoms with van der Waals surface area (Å²) in [7, 11) is 0. The van der Waals surface area contributed by atoms with Crippen LogP contribution in [-0.2, 0) is 0 Å². The summed E-state index contributed by atoms with van der Waals surface area (Å²) in [5, 5.41) is 0. The lowest BCUT2D eigenvalue weighted by atomic mass is 10.0. The molecule has 0 fully saturated rings. The van der Waals surface area contributed by atoms with Crippen molar-refractivity contribution in [3.05, 3.63) is 53.6 Å². The number of carbonyl (C=O) groups is 1. The third-order valence-corrected chi connectivity index (χ3v) is 5.18. The van der Waals surface area contributed by atoms with Gasteiger partial charge in [-0.05, 0) is 75.3 Å². The average molecular weight is 398 g/mol. The van der Waals surface area contributed by atoms with E-state index in [4.69, 9.17) is 16.2 Å². The molecule has 5 heteroatoms. The Bertz CT molecular complexity index is 766. The van der Waals surface area contributed by atoms with Crippen LogP contribution in [0.1, 0.15) is 62.4 Å². The molecule has 0 heterocycles. The number of unbranched alkanes of at least 4 members (excludes halogenated alkanes) is 2. The summed E-state index contributed by atoms with van der Waals surface area (Å²) in [4.78, 5) is 15.1. The maximum Gasteiger partial charge on any atom is 0.193 e. The molecule has 158 valence electrons. The smallest absolute Gasteiger partial charge is 0.193 e. The first-order chi connectivity index (χ1) is 14.0. The normalized spacial score (nSPS) is 12.1. The standard InChI is InChI=1S/C24H35N3O2/c1-4-6-14-27(15-7-5-2)18(3)17-29-21-11-8-19(9-12-21)24(28)20-10-13-22(25)23(26)16-20/h8-13,16,18H,4-7,14-15,17,25-26H2,1-3H3. The summed E-state index contributed by atoms with van der Waals surface area (Å²) in [6.45, 7) is 9.52. The van der Waals surface area contributed by atoms with Gasteiger partial charge in [-0.3, -0.25) is 9.69 Å². The Morgan fingerprint density at radius 3 is 2.07 bits per heavy atom. The Balaban J connectivity index is 1.95. The van der Waals surface area contributed by atoms with E-state index in [1.54, 1.807) is 30.3 Å². The minimum Gasteiger partial charge on any atom is -0.492 e. The fraction of sp³-hybridized carbons (Fsp3) is 0.458. The molecule has 0 aliphatic heterocycles. The second-order valence-corrected chi connectivity index (χ2v) is 7.60. The molecule has 0 amide bonds. The molecule has 1 unspecified atom stereocenters. The zero-order chi connectivity index (χ0) is 21.2. The van der Waals surface area contributed by atoms with Crippen LogP contribution in [0.3, 0.4) is 0 Å². The van der Waals surface area contributed by atoms with Gasteiger partial charge in [0.25, 0.3) is 0 Å². The van der Waals surface area contributed by atoms with Crippen LogP contribution in [0.25, 0.3) is 0 Å². The lowest BCUT2D eigenvalue weighted by molar-refractivity contribution is 0.103. The number of hydrogen-bond donors (Lipinski definition) is 2. The molecule has 1 atom stereocenters. The van der Waals surface area contributed by atoms with Gasteiger partial charge < -0.3 is 16.2 Å². The van der Waals surface area contributed by atoms with E-state index in [0.29, 0.717) is 35.2 Å². The lowest BCUT2D eigenvalue weighted by Gasteiger charge is -2.29. The van der Waals surface area contributed by atoms with E-state index in [2.05, 4.69) is 25.7 Å². The van der Waals surface area contributed by atoms with Crippen LogP contribution in [-0.4, -0.2) is 36.4 Å². The average Bonchev–Trinajstić information content (AvgIpc) is 2.74. The summed E-state index contributed by atoms with van der Waals surface area (Å²) in [5.41, 5.74) is 13.6. The van der Waals surface area contributed by atoms with Crippen molar-refractivity contribution in [2.45, 2.75) is 52.5 Å². The fourth-order valence-corrected chi connectivity index (χ4v) is 3.18. The van der Waals surface area contributed by atoms with E-state index in [9.17, 15) is 4.79 Å². The van der Waals surface area contributed by atoms with Gasteiger partial charge in [0.15, 0.2) is 5.78 Å². The first-order valence-corrected chi connectivity index (χ1v) is 10.6. The lowest BCUT2D eigenvalue weighted by Crippen LogP contribution is -2.38. The highest BCUT2D eigenvalue weighted by atomic mass is 16.5. The zero-order valence-electron chi connectivity index (χ0n) is 18.0. The number of anilines is 2. The molecule has 4 N–H and O–H groups in total. The van der Waals surface area contributed by atoms with Crippen LogP contribution >= 0.6 is 0 Å². The van der Waals surface area contributed by atoms with Gasteiger partial charge in [-0.2, -0.15) is 0 Å². The molecule has 2 rings (SSSR count). The van der Waals surface area contributed by atoms with Gasteiger partial charge in [-0.25, -0.2) is 0 Å². The van der Waals surface area contributed by atoms with Crippen molar-refractivity contribution in [3.8, 4) is 5.75 Å². The molecule has 0 aliphatic carbocycles. The highest BCUT2D eigenvalue weighted by Crippen LogP contribution is 2.20. The van der Waals surface area contributed by atoms with Crippen LogP contribution in [0.4, 0.5) is 11.4 Å². The first-order valence-electron chi connectivity index (χ1n) is 10.6. The SMILES string of the molecule is CCCCN(CCCC)C(C)COc1ccc(C(=O)c2ccc(N)c(N)c2)cc1. The van der Waals surface area contributed by atoms with Gasteiger partial charge in [-0.15, -0.1) is 0 Å². The van der Waals surface area contributed by atoms with Gasteiger partial charge in [-0.1, -0.05) is 26.7 Å². The minimum atomic E-state index is -0.0816. The van der Waals surface area contributed by atoms with E-state index in [1.807, 2.05) is 12.1 Å². The molecular formula is C24H35N3O2. The minimum absolute atomic E-state index is 0.0816. The van der Waals surface area contributed by atoms with Crippen LogP contribution in [0, 0.1) is 0 Å². The summed E-state index contributed by atoms with van der Waals surface area (Å²) in [6, 6.07) is 12.6. The third kappa shape index (κ3) is 6.79. The molecule has 0 aliphatic rings.